The summed E-state index contributed by atoms with van der Waals surface area (Å²) in [5.74, 6) is 0.759. The van der Waals surface area contributed by atoms with Gasteiger partial charge in [-0.2, -0.15) is 0 Å². The van der Waals surface area contributed by atoms with Crippen LogP contribution in [0.5, 0.6) is 0 Å². The van der Waals surface area contributed by atoms with Gasteiger partial charge in [0.15, 0.2) is 0 Å². The molecule has 3 heterocycles. The van der Waals surface area contributed by atoms with Crippen LogP contribution in [0.1, 0.15) is 6.42 Å². The third-order valence-corrected chi connectivity index (χ3v) is 6.26. The molecule has 7 nitrogen and oxygen atoms in total. The Balaban J connectivity index is 1.47. The van der Waals surface area contributed by atoms with Gasteiger partial charge in [0, 0.05) is 84.6 Å². The topological polar surface area (TPSA) is 65.5 Å². The highest BCUT2D eigenvalue weighted by atomic mass is 16.3. The summed E-state index contributed by atoms with van der Waals surface area (Å²) in [5.41, 5.74) is 0. The first kappa shape index (κ1) is 19.5. The molecule has 0 aromatic rings. The molecule has 3 aliphatic rings. The molecule has 2 atom stereocenters. The molecule has 25 heavy (non-hydrogen) atoms. The van der Waals surface area contributed by atoms with Gasteiger partial charge in [-0.3, -0.25) is 14.7 Å². The van der Waals surface area contributed by atoms with Crippen molar-refractivity contribution in [3.05, 3.63) is 0 Å². The average molecular weight is 356 g/mol. The Morgan fingerprint density at radius 2 is 1.32 bits per heavy atom. The summed E-state index contributed by atoms with van der Waals surface area (Å²) in [4.78, 5) is 10.1. The van der Waals surface area contributed by atoms with Gasteiger partial charge in [-0.1, -0.05) is 0 Å². The van der Waals surface area contributed by atoms with Gasteiger partial charge in [0.25, 0.3) is 0 Å². The number of β-amino-alcohol motifs (C(OH)–C–C–N with tert-alkyl or cyclic N) is 2. The van der Waals surface area contributed by atoms with Crippen LogP contribution in [0.25, 0.3) is 0 Å². The van der Waals surface area contributed by atoms with E-state index in [1.165, 1.54) is 13.0 Å². The molecule has 3 saturated heterocycles. The van der Waals surface area contributed by atoms with Crippen LogP contribution in [0.3, 0.4) is 0 Å². The van der Waals surface area contributed by atoms with E-state index in [0.29, 0.717) is 6.04 Å². The maximum absolute atomic E-state index is 9.12. The SMILES string of the molecule is OCCN1CCN(CC2CCNCC2N2CCN(CCO)CC2)CC1. The van der Waals surface area contributed by atoms with Gasteiger partial charge in [-0.15, -0.1) is 0 Å². The summed E-state index contributed by atoms with van der Waals surface area (Å²) < 4.78 is 0. The van der Waals surface area contributed by atoms with Crippen molar-refractivity contribution in [2.24, 2.45) is 5.92 Å². The zero-order valence-electron chi connectivity index (χ0n) is 15.7. The third-order valence-electron chi connectivity index (χ3n) is 6.26. The first-order chi connectivity index (χ1) is 12.3. The van der Waals surface area contributed by atoms with Crippen molar-refractivity contribution in [2.45, 2.75) is 12.5 Å². The van der Waals surface area contributed by atoms with E-state index in [1.54, 1.807) is 0 Å². The Bertz CT molecular complexity index is 370. The lowest BCUT2D eigenvalue weighted by molar-refractivity contribution is 0.0294. The lowest BCUT2D eigenvalue weighted by Crippen LogP contribution is -2.59. The van der Waals surface area contributed by atoms with Crippen molar-refractivity contribution in [3.8, 4) is 0 Å². The summed E-state index contributed by atoms with van der Waals surface area (Å²) in [6.45, 7) is 14.6. The van der Waals surface area contributed by atoms with Crippen molar-refractivity contribution in [2.75, 3.05) is 98.3 Å². The fourth-order valence-corrected chi connectivity index (χ4v) is 4.67. The van der Waals surface area contributed by atoms with E-state index in [-0.39, 0.29) is 13.2 Å². The summed E-state index contributed by atoms with van der Waals surface area (Å²) in [6.07, 6.45) is 1.28. The Morgan fingerprint density at radius 1 is 0.760 bits per heavy atom. The predicted molar refractivity (Wildman–Crippen MR) is 99.8 cm³/mol. The van der Waals surface area contributed by atoms with Crippen LogP contribution in [0, 0.1) is 5.92 Å². The van der Waals surface area contributed by atoms with Crippen LogP contribution >= 0.6 is 0 Å². The van der Waals surface area contributed by atoms with Gasteiger partial charge in [0.05, 0.1) is 13.2 Å². The van der Waals surface area contributed by atoms with Crippen molar-refractivity contribution >= 4 is 0 Å². The largest absolute Gasteiger partial charge is 0.395 e. The van der Waals surface area contributed by atoms with Crippen LogP contribution < -0.4 is 5.32 Å². The summed E-state index contributed by atoms with van der Waals surface area (Å²) in [5, 5.41) is 21.8. The van der Waals surface area contributed by atoms with Gasteiger partial charge >= 0.3 is 0 Å². The minimum Gasteiger partial charge on any atom is -0.395 e. The first-order valence-electron chi connectivity index (χ1n) is 10.1. The second kappa shape index (κ2) is 10.2. The molecule has 3 aliphatic heterocycles. The maximum Gasteiger partial charge on any atom is 0.0558 e. The normalized spacial score (nSPS) is 31.4. The quantitative estimate of drug-likeness (QED) is 0.497. The molecule has 0 bridgehead atoms. The average Bonchev–Trinajstić information content (AvgIpc) is 2.65. The number of hydrogen-bond donors (Lipinski definition) is 3. The number of piperazine rings is 2. The van der Waals surface area contributed by atoms with Crippen molar-refractivity contribution in [3.63, 3.8) is 0 Å². The number of rotatable bonds is 7. The molecule has 7 heteroatoms. The molecule has 2 unspecified atom stereocenters. The fraction of sp³-hybridized carbons (Fsp3) is 1.00. The second-order valence-corrected chi connectivity index (χ2v) is 7.79. The zero-order valence-corrected chi connectivity index (χ0v) is 15.7. The summed E-state index contributed by atoms with van der Waals surface area (Å²) in [6, 6.07) is 0.653. The zero-order chi connectivity index (χ0) is 17.5. The summed E-state index contributed by atoms with van der Waals surface area (Å²) in [7, 11) is 0. The number of nitrogens with zero attached hydrogens (tertiary/aromatic N) is 4. The molecule has 0 aromatic carbocycles. The Labute approximate surface area is 152 Å². The molecule has 3 rings (SSSR count). The third kappa shape index (κ3) is 5.60. The highest BCUT2D eigenvalue weighted by Crippen LogP contribution is 2.22. The molecule has 0 aromatic heterocycles. The van der Waals surface area contributed by atoms with E-state index in [4.69, 9.17) is 10.2 Å². The predicted octanol–water partition coefficient (Wildman–Crippen LogP) is -1.82. The molecule has 0 saturated carbocycles. The second-order valence-electron chi connectivity index (χ2n) is 7.79. The van der Waals surface area contributed by atoms with E-state index in [2.05, 4.69) is 24.9 Å². The van der Waals surface area contributed by atoms with Crippen LogP contribution in [-0.2, 0) is 0 Å². The van der Waals surface area contributed by atoms with E-state index in [1.807, 2.05) is 0 Å². The Hall–Kier alpha value is -0.280. The minimum absolute atomic E-state index is 0.274. The van der Waals surface area contributed by atoms with Crippen LogP contribution in [0.4, 0.5) is 0 Å². The van der Waals surface area contributed by atoms with Gasteiger partial charge in [-0.05, 0) is 18.9 Å². The van der Waals surface area contributed by atoms with Crippen molar-refractivity contribution < 1.29 is 10.2 Å². The van der Waals surface area contributed by atoms with Gasteiger partial charge in [0.1, 0.15) is 0 Å². The number of aliphatic hydroxyl groups is 2. The molecule has 0 aliphatic carbocycles. The van der Waals surface area contributed by atoms with Crippen LogP contribution in [0.2, 0.25) is 0 Å². The number of hydrogen-bond acceptors (Lipinski definition) is 7. The fourth-order valence-electron chi connectivity index (χ4n) is 4.67. The number of piperidine rings is 1. The van der Waals surface area contributed by atoms with Crippen LogP contribution in [0.15, 0.2) is 0 Å². The van der Waals surface area contributed by atoms with E-state index in [0.717, 1.165) is 84.5 Å². The molecule has 3 N–H and O–H groups in total. The van der Waals surface area contributed by atoms with E-state index < -0.39 is 0 Å². The number of aliphatic hydroxyl groups excluding tert-OH is 2. The molecule has 0 radical (unpaired) electrons. The smallest absolute Gasteiger partial charge is 0.0558 e. The van der Waals surface area contributed by atoms with Gasteiger partial charge in [-0.25, -0.2) is 0 Å². The Kier molecular flexibility index (Phi) is 7.91. The van der Waals surface area contributed by atoms with Crippen molar-refractivity contribution in [1.82, 2.24) is 24.9 Å². The molecule has 0 amide bonds. The lowest BCUT2D eigenvalue weighted by atomic mass is 9.90. The van der Waals surface area contributed by atoms with Gasteiger partial charge in [0.2, 0.25) is 0 Å². The molecular formula is C18H37N5O2. The first-order valence-corrected chi connectivity index (χ1v) is 10.1. The molecule has 146 valence electrons. The summed E-state index contributed by atoms with van der Waals surface area (Å²) >= 11 is 0. The molecule has 0 spiro atoms. The minimum atomic E-state index is 0.274. The monoisotopic (exact) mass is 355 g/mol. The van der Waals surface area contributed by atoms with E-state index >= 15 is 0 Å². The molecule has 3 fully saturated rings. The standard InChI is InChI=1S/C18H37N5O2/c24-13-11-20-3-5-22(6-4-20)16-17-1-2-19-15-18(17)23-9-7-21(8-10-23)12-14-25/h17-19,24-25H,1-16H2. The highest BCUT2D eigenvalue weighted by molar-refractivity contribution is 4.90. The van der Waals surface area contributed by atoms with Gasteiger partial charge < -0.3 is 20.4 Å². The maximum atomic E-state index is 9.12. The lowest BCUT2D eigenvalue weighted by Gasteiger charge is -2.46. The van der Waals surface area contributed by atoms with E-state index in [9.17, 15) is 0 Å². The Morgan fingerprint density at radius 3 is 1.92 bits per heavy atom. The molecular weight excluding hydrogens is 318 g/mol. The van der Waals surface area contributed by atoms with Crippen LogP contribution in [-0.4, -0.2) is 134 Å². The number of nitrogens with one attached hydrogen (secondary N) is 1. The van der Waals surface area contributed by atoms with Crippen molar-refractivity contribution in [1.29, 1.82) is 0 Å². The highest BCUT2D eigenvalue weighted by Gasteiger charge is 2.33.